The number of non-ortho nitro benzene ring substituents is 1. The molecule has 28 heavy (non-hydrogen) atoms. The topological polar surface area (TPSA) is 66.7 Å². The highest BCUT2D eigenvalue weighted by Gasteiger charge is 2.21. The molecule has 1 aliphatic rings. The van der Waals surface area contributed by atoms with E-state index in [1.807, 2.05) is 4.90 Å². The number of halogens is 2. The predicted octanol–water partition coefficient (Wildman–Crippen LogP) is 3.23. The molecule has 0 unspecified atom stereocenters. The summed E-state index contributed by atoms with van der Waals surface area (Å²) in [6.07, 6.45) is 2.94. The molecule has 0 saturated carbocycles. The van der Waals surface area contributed by atoms with E-state index >= 15 is 0 Å². The van der Waals surface area contributed by atoms with Gasteiger partial charge in [-0.2, -0.15) is 0 Å². The van der Waals surface area contributed by atoms with Crippen LogP contribution in [-0.4, -0.2) is 46.8 Å². The smallest absolute Gasteiger partial charge is 0.270 e. The fourth-order valence-electron chi connectivity index (χ4n) is 3.05. The molecule has 1 aliphatic heterocycles. The Bertz CT molecular complexity index is 909. The first kappa shape index (κ1) is 19.6. The van der Waals surface area contributed by atoms with E-state index in [1.165, 1.54) is 24.3 Å². The van der Waals surface area contributed by atoms with Crippen molar-refractivity contribution in [2.75, 3.05) is 26.2 Å². The number of rotatable bonds is 5. The van der Waals surface area contributed by atoms with Gasteiger partial charge in [-0.05, 0) is 17.7 Å². The van der Waals surface area contributed by atoms with Crippen molar-refractivity contribution in [1.82, 2.24) is 9.80 Å². The van der Waals surface area contributed by atoms with Crippen molar-refractivity contribution in [3.05, 3.63) is 81.4 Å². The molecule has 0 spiro atoms. The van der Waals surface area contributed by atoms with Gasteiger partial charge in [0.05, 0.1) is 4.92 Å². The fraction of sp³-hybridized carbons (Fsp3) is 0.250. The molecule has 3 rings (SSSR count). The number of hydrogen-bond acceptors (Lipinski definition) is 4. The number of nitro groups is 1. The second-order valence-corrected chi connectivity index (χ2v) is 6.50. The van der Waals surface area contributed by atoms with Crippen LogP contribution in [0.2, 0.25) is 0 Å². The quantitative estimate of drug-likeness (QED) is 0.449. The van der Waals surface area contributed by atoms with E-state index in [9.17, 15) is 23.7 Å². The molecule has 0 N–H and O–H groups in total. The van der Waals surface area contributed by atoms with Gasteiger partial charge in [0.1, 0.15) is 0 Å². The molecular weight excluding hydrogens is 368 g/mol. The van der Waals surface area contributed by atoms with Crippen molar-refractivity contribution in [1.29, 1.82) is 0 Å². The van der Waals surface area contributed by atoms with Crippen LogP contribution in [-0.2, 0) is 11.3 Å². The van der Waals surface area contributed by atoms with E-state index < -0.39 is 16.6 Å². The zero-order chi connectivity index (χ0) is 20.1. The van der Waals surface area contributed by atoms with Crippen LogP contribution in [0.5, 0.6) is 0 Å². The normalized spacial score (nSPS) is 15.1. The number of benzene rings is 2. The Labute approximate surface area is 160 Å². The van der Waals surface area contributed by atoms with Crippen molar-refractivity contribution < 1.29 is 18.5 Å². The molecule has 2 aromatic carbocycles. The Morgan fingerprint density at radius 3 is 2.54 bits per heavy atom. The van der Waals surface area contributed by atoms with Crippen LogP contribution in [0.1, 0.15) is 11.1 Å². The molecular formula is C20H19F2N3O3. The Balaban J connectivity index is 1.54. The van der Waals surface area contributed by atoms with E-state index in [-0.39, 0.29) is 18.1 Å². The molecule has 0 bridgehead atoms. The van der Waals surface area contributed by atoms with E-state index in [0.29, 0.717) is 37.3 Å². The van der Waals surface area contributed by atoms with Gasteiger partial charge in [-0.3, -0.25) is 19.8 Å². The monoisotopic (exact) mass is 387 g/mol. The molecule has 1 saturated heterocycles. The zero-order valence-electron chi connectivity index (χ0n) is 15.1. The Morgan fingerprint density at radius 2 is 1.82 bits per heavy atom. The molecule has 0 atom stereocenters. The van der Waals surface area contributed by atoms with Gasteiger partial charge in [-0.15, -0.1) is 0 Å². The summed E-state index contributed by atoms with van der Waals surface area (Å²) in [7, 11) is 0. The van der Waals surface area contributed by atoms with Crippen LogP contribution in [0.3, 0.4) is 0 Å². The third-order valence-corrected chi connectivity index (χ3v) is 4.61. The van der Waals surface area contributed by atoms with Crippen molar-refractivity contribution in [3.63, 3.8) is 0 Å². The average Bonchev–Trinajstić information content (AvgIpc) is 2.70. The second kappa shape index (κ2) is 8.71. The number of nitro benzene ring substituents is 1. The first-order valence-corrected chi connectivity index (χ1v) is 8.81. The van der Waals surface area contributed by atoms with Gasteiger partial charge in [-0.1, -0.05) is 24.3 Å². The molecule has 2 aromatic rings. The van der Waals surface area contributed by atoms with Crippen molar-refractivity contribution in [2.24, 2.45) is 0 Å². The van der Waals surface area contributed by atoms with Crippen molar-refractivity contribution >= 4 is 17.7 Å². The maximum atomic E-state index is 13.8. The summed E-state index contributed by atoms with van der Waals surface area (Å²) in [5, 5.41) is 10.8. The minimum atomic E-state index is -0.863. The van der Waals surface area contributed by atoms with Crippen LogP contribution in [0.4, 0.5) is 14.5 Å². The molecule has 1 amide bonds. The van der Waals surface area contributed by atoms with Crippen LogP contribution in [0.15, 0.2) is 48.5 Å². The highest BCUT2D eigenvalue weighted by Crippen LogP contribution is 2.16. The lowest BCUT2D eigenvalue weighted by Crippen LogP contribution is -2.47. The van der Waals surface area contributed by atoms with Crippen LogP contribution < -0.4 is 0 Å². The highest BCUT2D eigenvalue weighted by atomic mass is 19.2. The molecule has 1 fully saturated rings. The van der Waals surface area contributed by atoms with E-state index in [0.717, 1.165) is 6.07 Å². The van der Waals surface area contributed by atoms with Crippen LogP contribution in [0.25, 0.3) is 6.08 Å². The lowest BCUT2D eigenvalue weighted by Gasteiger charge is -2.34. The van der Waals surface area contributed by atoms with Crippen molar-refractivity contribution in [2.45, 2.75) is 6.54 Å². The largest absolute Gasteiger partial charge is 0.337 e. The van der Waals surface area contributed by atoms with Gasteiger partial charge in [0.15, 0.2) is 11.6 Å². The SMILES string of the molecule is O=C(/C=C/c1cccc([N+](=O)[O-])c1)N1CCN(Cc2cccc(F)c2F)CC1. The number of hydrogen-bond donors (Lipinski definition) is 0. The first-order valence-electron chi connectivity index (χ1n) is 8.81. The number of amides is 1. The summed E-state index contributed by atoms with van der Waals surface area (Å²) in [6, 6.07) is 10.1. The summed E-state index contributed by atoms with van der Waals surface area (Å²) in [6.45, 7) is 2.32. The summed E-state index contributed by atoms with van der Waals surface area (Å²) >= 11 is 0. The van der Waals surface area contributed by atoms with Gasteiger partial charge in [0.25, 0.3) is 5.69 Å². The van der Waals surface area contributed by atoms with Gasteiger partial charge in [0, 0.05) is 56.5 Å². The molecule has 8 heteroatoms. The lowest BCUT2D eigenvalue weighted by molar-refractivity contribution is -0.384. The summed E-state index contributed by atoms with van der Waals surface area (Å²) in [5.74, 6) is -1.89. The Morgan fingerprint density at radius 1 is 1.11 bits per heavy atom. The maximum Gasteiger partial charge on any atom is 0.270 e. The van der Waals surface area contributed by atoms with Gasteiger partial charge in [-0.25, -0.2) is 8.78 Å². The lowest BCUT2D eigenvalue weighted by atomic mass is 10.1. The maximum absolute atomic E-state index is 13.8. The average molecular weight is 387 g/mol. The highest BCUT2D eigenvalue weighted by molar-refractivity contribution is 5.91. The van der Waals surface area contributed by atoms with Crippen LogP contribution >= 0.6 is 0 Å². The minimum absolute atomic E-state index is 0.0344. The molecule has 1 heterocycles. The standard InChI is InChI=1S/C20H19F2N3O3/c21-18-6-2-4-16(20(18)22)14-23-9-11-24(12-10-23)19(26)8-7-15-3-1-5-17(13-15)25(27)28/h1-8,13H,9-12,14H2/b8-7+. The fourth-order valence-corrected chi connectivity index (χ4v) is 3.05. The second-order valence-electron chi connectivity index (χ2n) is 6.50. The minimum Gasteiger partial charge on any atom is -0.337 e. The molecule has 0 aliphatic carbocycles. The Hall–Kier alpha value is -3.13. The van der Waals surface area contributed by atoms with E-state index in [1.54, 1.807) is 29.2 Å². The molecule has 6 nitrogen and oxygen atoms in total. The Kier molecular flexibility index (Phi) is 6.10. The number of piperazine rings is 1. The summed E-state index contributed by atoms with van der Waals surface area (Å²) in [5.41, 5.74) is 0.834. The van der Waals surface area contributed by atoms with Gasteiger partial charge >= 0.3 is 0 Å². The summed E-state index contributed by atoms with van der Waals surface area (Å²) < 4.78 is 27.1. The number of carbonyl (C=O) groups excluding carboxylic acids is 1. The van der Waals surface area contributed by atoms with Gasteiger partial charge in [0.2, 0.25) is 5.91 Å². The zero-order valence-corrected chi connectivity index (χ0v) is 15.1. The van der Waals surface area contributed by atoms with Crippen molar-refractivity contribution in [3.8, 4) is 0 Å². The third kappa shape index (κ3) is 4.77. The van der Waals surface area contributed by atoms with Crippen LogP contribution in [0, 0.1) is 21.7 Å². The third-order valence-electron chi connectivity index (χ3n) is 4.61. The van der Waals surface area contributed by atoms with E-state index in [4.69, 9.17) is 0 Å². The number of nitrogens with zero attached hydrogens (tertiary/aromatic N) is 3. The number of carbonyl (C=O) groups is 1. The predicted molar refractivity (Wildman–Crippen MR) is 100 cm³/mol. The molecule has 146 valence electrons. The summed E-state index contributed by atoms with van der Waals surface area (Å²) in [4.78, 5) is 26.3. The van der Waals surface area contributed by atoms with E-state index in [2.05, 4.69) is 0 Å². The van der Waals surface area contributed by atoms with Gasteiger partial charge < -0.3 is 4.90 Å². The first-order chi connectivity index (χ1) is 13.4. The molecule has 0 aromatic heterocycles. The molecule has 0 radical (unpaired) electrons.